The summed E-state index contributed by atoms with van der Waals surface area (Å²) >= 11 is 1.45. The van der Waals surface area contributed by atoms with Crippen LogP contribution in [0.25, 0.3) is 0 Å². The lowest BCUT2D eigenvalue weighted by Gasteiger charge is -2.13. The van der Waals surface area contributed by atoms with Crippen molar-refractivity contribution in [1.29, 1.82) is 0 Å². The number of aliphatic hydroxyl groups excluding tert-OH is 1. The quantitative estimate of drug-likeness (QED) is 0.768. The summed E-state index contributed by atoms with van der Waals surface area (Å²) in [5.74, 6) is 0.619. The number of ether oxygens (including phenoxy) is 1. The molecule has 1 heterocycles. The summed E-state index contributed by atoms with van der Waals surface area (Å²) in [5.41, 5.74) is 0.600. The van der Waals surface area contributed by atoms with Crippen molar-refractivity contribution in [3.63, 3.8) is 0 Å². The highest BCUT2D eigenvalue weighted by molar-refractivity contribution is 7.10. The van der Waals surface area contributed by atoms with E-state index in [-0.39, 0.29) is 12.6 Å². The van der Waals surface area contributed by atoms with Gasteiger partial charge >= 0.3 is 6.03 Å². The maximum absolute atomic E-state index is 11.9. The number of nitrogens with one attached hydrogen (secondary N) is 2. The Labute approximate surface area is 127 Å². The van der Waals surface area contributed by atoms with Crippen LogP contribution in [0.5, 0.6) is 5.75 Å². The molecule has 3 N–H and O–H groups in total. The molecule has 0 aliphatic heterocycles. The van der Waals surface area contributed by atoms with Crippen molar-refractivity contribution >= 4 is 23.1 Å². The fourth-order valence-corrected chi connectivity index (χ4v) is 2.50. The lowest BCUT2D eigenvalue weighted by Crippen LogP contribution is -2.32. The summed E-state index contributed by atoms with van der Waals surface area (Å²) in [6.07, 6.45) is -0.696. The molecule has 112 valence electrons. The smallest absolute Gasteiger partial charge is 0.319 e. The normalized spacial score (nSPS) is 11.7. The minimum absolute atomic E-state index is 0.156. The van der Waals surface area contributed by atoms with Gasteiger partial charge in [-0.15, -0.1) is 11.3 Å². The summed E-state index contributed by atoms with van der Waals surface area (Å²) in [7, 11) is 0. The molecule has 0 radical (unpaired) electrons. The van der Waals surface area contributed by atoms with Crippen molar-refractivity contribution in [3.05, 3.63) is 46.7 Å². The number of rotatable bonds is 6. The Kier molecular flexibility index (Phi) is 5.59. The number of thiophene rings is 1. The van der Waals surface area contributed by atoms with Crippen LogP contribution in [0, 0.1) is 0 Å². The molecule has 0 saturated heterocycles. The average molecular weight is 306 g/mol. The van der Waals surface area contributed by atoms with Crippen LogP contribution < -0.4 is 15.4 Å². The van der Waals surface area contributed by atoms with Crippen LogP contribution in [-0.4, -0.2) is 24.3 Å². The Morgan fingerprint density at radius 1 is 1.33 bits per heavy atom. The van der Waals surface area contributed by atoms with Gasteiger partial charge in [-0.05, 0) is 30.5 Å². The van der Waals surface area contributed by atoms with Crippen molar-refractivity contribution in [2.45, 2.75) is 13.0 Å². The van der Waals surface area contributed by atoms with E-state index in [1.54, 1.807) is 12.1 Å². The van der Waals surface area contributed by atoms with E-state index in [0.717, 1.165) is 4.88 Å². The number of carbonyl (C=O) groups is 1. The number of anilines is 1. The minimum atomic E-state index is -0.696. The molecular weight excluding hydrogens is 288 g/mol. The van der Waals surface area contributed by atoms with E-state index in [0.29, 0.717) is 18.0 Å². The van der Waals surface area contributed by atoms with Crippen molar-refractivity contribution in [3.8, 4) is 5.75 Å². The molecule has 0 spiro atoms. The molecule has 1 unspecified atom stereocenters. The van der Waals surface area contributed by atoms with E-state index in [4.69, 9.17) is 4.74 Å². The van der Waals surface area contributed by atoms with E-state index < -0.39 is 6.10 Å². The molecule has 0 aliphatic rings. The Morgan fingerprint density at radius 2 is 2.14 bits per heavy atom. The van der Waals surface area contributed by atoms with Crippen molar-refractivity contribution in [2.75, 3.05) is 18.5 Å². The standard InChI is InChI=1S/C15H18N2O3S/c1-2-20-13-7-4-3-6-11(13)17-15(19)16-10-12(18)14-8-5-9-21-14/h3-9,12,18H,2,10H2,1H3,(H2,16,17,19). The van der Waals surface area contributed by atoms with Gasteiger partial charge in [0.15, 0.2) is 0 Å². The number of hydrogen-bond acceptors (Lipinski definition) is 4. The highest BCUT2D eigenvalue weighted by Gasteiger charge is 2.11. The van der Waals surface area contributed by atoms with Gasteiger partial charge in [-0.2, -0.15) is 0 Å². The first-order chi connectivity index (χ1) is 10.2. The first kappa shape index (κ1) is 15.3. The van der Waals surface area contributed by atoms with Gasteiger partial charge in [0.05, 0.1) is 18.8 Å². The number of aliphatic hydroxyl groups is 1. The van der Waals surface area contributed by atoms with Crippen LogP contribution >= 0.6 is 11.3 Å². The second-order valence-corrected chi connectivity index (χ2v) is 5.27. The van der Waals surface area contributed by atoms with E-state index in [1.165, 1.54) is 11.3 Å². The number of para-hydroxylation sites is 2. The van der Waals surface area contributed by atoms with Crippen molar-refractivity contribution in [2.24, 2.45) is 0 Å². The molecule has 21 heavy (non-hydrogen) atoms. The molecule has 0 aliphatic carbocycles. The number of hydrogen-bond donors (Lipinski definition) is 3. The first-order valence-electron chi connectivity index (χ1n) is 6.69. The third kappa shape index (κ3) is 4.47. The molecule has 2 rings (SSSR count). The van der Waals surface area contributed by atoms with Gasteiger partial charge < -0.3 is 20.5 Å². The lowest BCUT2D eigenvalue weighted by molar-refractivity contribution is 0.178. The minimum Gasteiger partial charge on any atom is -0.492 e. The summed E-state index contributed by atoms with van der Waals surface area (Å²) in [6, 6.07) is 10.5. The van der Waals surface area contributed by atoms with E-state index in [2.05, 4.69) is 10.6 Å². The Bertz CT molecular complexity index is 572. The monoisotopic (exact) mass is 306 g/mol. The van der Waals surface area contributed by atoms with Crippen LogP contribution in [0.15, 0.2) is 41.8 Å². The topological polar surface area (TPSA) is 70.6 Å². The number of benzene rings is 1. The third-order valence-corrected chi connectivity index (χ3v) is 3.74. The van der Waals surface area contributed by atoms with E-state index >= 15 is 0 Å². The maximum atomic E-state index is 11.9. The van der Waals surface area contributed by atoms with Gasteiger partial charge in [-0.1, -0.05) is 18.2 Å². The van der Waals surface area contributed by atoms with Crippen LogP contribution in [0.3, 0.4) is 0 Å². The fraction of sp³-hybridized carbons (Fsp3) is 0.267. The SMILES string of the molecule is CCOc1ccccc1NC(=O)NCC(O)c1cccs1. The second-order valence-electron chi connectivity index (χ2n) is 4.30. The van der Waals surface area contributed by atoms with Crippen LogP contribution in [-0.2, 0) is 0 Å². The second kappa shape index (κ2) is 7.66. The molecular formula is C15H18N2O3S. The van der Waals surface area contributed by atoms with Gasteiger partial charge in [-0.25, -0.2) is 4.79 Å². The van der Waals surface area contributed by atoms with E-state index in [1.807, 2.05) is 36.6 Å². The highest BCUT2D eigenvalue weighted by atomic mass is 32.1. The molecule has 6 heteroatoms. The first-order valence-corrected chi connectivity index (χ1v) is 7.56. The number of urea groups is 1. The van der Waals surface area contributed by atoms with Gasteiger partial charge in [0.25, 0.3) is 0 Å². The summed E-state index contributed by atoms with van der Waals surface area (Å²) in [5, 5.41) is 17.1. The largest absolute Gasteiger partial charge is 0.492 e. The third-order valence-electron chi connectivity index (χ3n) is 2.76. The number of amides is 2. The molecule has 2 aromatic rings. The van der Waals surface area contributed by atoms with Gasteiger partial charge in [0.2, 0.25) is 0 Å². The average Bonchev–Trinajstić information content (AvgIpc) is 3.01. The molecule has 0 saturated carbocycles. The highest BCUT2D eigenvalue weighted by Crippen LogP contribution is 2.23. The lowest BCUT2D eigenvalue weighted by atomic mass is 10.3. The molecule has 2 amide bonds. The van der Waals surface area contributed by atoms with E-state index in [9.17, 15) is 9.90 Å². The predicted molar refractivity (Wildman–Crippen MR) is 83.9 cm³/mol. The molecule has 1 aromatic heterocycles. The van der Waals surface area contributed by atoms with Crippen molar-refractivity contribution < 1.29 is 14.6 Å². The zero-order valence-electron chi connectivity index (χ0n) is 11.7. The molecule has 0 bridgehead atoms. The molecule has 0 fully saturated rings. The van der Waals surface area contributed by atoms with Crippen LogP contribution in [0.4, 0.5) is 10.5 Å². The summed E-state index contributed by atoms with van der Waals surface area (Å²) < 4.78 is 5.43. The summed E-state index contributed by atoms with van der Waals surface area (Å²) in [6.45, 7) is 2.56. The predicted octanol–water partition coefficient (Wildman–Crippen LogP) is 3.00. The van der Waals surface area contributed by atoms with Crippen LogP contribution in [0.2, 0.25) is 0 Å². The van der Waals surface area contributed by atoms with Gasteiger partial charge in [-0.3, -0.25) is 0 Å². The van der Waals surface area contributed by atoms with Crippen LogP contribution in [0.1, 0.15) is 17.9 Å². The molecule has 1 aromatic carbocycles. The molecule has 1 atom stereocenters. The molecule has 5 nitrogen and oxygen atoms in total. The Morgan fingerprint density at radius 3 is 2.86 bits per heavy atom. The Hall–Kier alpha value is -2.05. The zero-order valence-corrected chi connectivity index (χ0v) is 12.5. The van der Waals surface area contributed by atoms with Gasteiger partial charge in [0.1, 0.15) is 11.9 Å². The van der Waals surface area contributed by atoms with Crippen molar-refractivity contribution in [1.82, 2.24) is 5.32 Å². The summed E-state index contributed by atoms with van der Waals surface area (Å²) in [4.78, 5) is 12.7. The number of carbonyl (C=O) groups excluding carboxylic acids is 1. The fourth-order valence-electron chi connectivity index (χ4n) is 1.79. The zero-order chi connectivity index (χ0) is 15.1. The Balaban J connectivity index is 1.87. The van der Waals surface area contributed by atoms with Gasteiger partial charge in [0, 0.05) is 4.88 Å². The maximum Gasteiger partial charge on any atom is 0.319 e.